The molecule has 17 heavy (non-hydrogen) atoms. The molecular weight excluding hydrogens is 214 g/mol. The van der Waals surface area contributed by atoms with E-state index >= 15 is 0 Å². The number of hydrogen-bond acceptors (Lipinski definition) is 3. The molecule has 2 aromatic rings. The third kappa shape index (κ3) is 2.36. The SMILES string of the molecule is CCCn1c(CC(=O)CN)nc2ccccc21. The van der Waals surface area contributed by atoms with E-state index < -0.39 is 0 Å². The van der Waals surface area contributed by atoms with Crippen molar-refractivity contribution in [2.75, 3.05) is 6.54 Å². The van der Waals surface area contributed by atoms with E-state index in [4.69, 9.17) is 5.73 Å². The zero-order valence-electron chi connectivity index (χ0n) is 10.0. The molecule has 2 rings (SSSR count). The summed E-state index contributed by atoms with van der Waals surface area (Å²) in [6.45, 7) is 3.08. The molecule has 0 spiro atoms. The molecule has 0 unspecified atom stereocenters. The van der Waals surface area contributed by atoms with Gasteiger partial charge >= 0.3 is 0 Å². The molecule has 2 N–H and O–H groups in total. The number of para-hydroxylation sites is 2. The summed E-state index contributed by atoms with van der Waals surface area (Å²) in [5.74, 6) is 0.848. The monoisotopic (exact) mass is 231 g/mol. The lowest BCUT2D eigenvalue weighted by Gasteiger charge is -2.06. The van der Waals surface area contributed by atoms with E-state index in [0.29, 0.717) is 6.42 Å². The molecule has 4 nitrogen and oxygen atoms in total. The highest BCUT2D eigenvalue weighted by molar-refractivity contribution is 5.83. The molecule has 0 radical (unpaired) electrons. The first kappa shape index (κ1) is 11.8. The topological polar surface area (TPSA) is 60.9 Å². The number of nitrogens with zero attached hydrogens (tertiary/aromatic N) is 2. The fraction of sp³-hybridized carbons (Fsp3) is 0.385. The van der Waals surface area contributed by atoms with Crippen LogP contribution in [0, 0.1) is 0 Å². The molecule has 0 amide bonds. The van der Waals surface area contributed by atoms with Gasteiger partial charge in [0.05, 0.1) is 24.0 Å². The van der Waals surface area contributed by atoms with Crippen molar-refractivity contribution in [1.82, 2.24) is 9.55 Å². The number of carbonyl (C=O) groups excluding carboxylic acids is 1. The van der Waals surface area contributed by atoms with Crippen molar-refractivity contribution in [1.29, 1.82) is 0 Å². The number of benzene rings is 1. The van der Waals surface area contributed by atoms with Crippen molar-refractivity contribution in [2.45, 2.75) is 26.3 Å². The Kier molecular flexibility index (Phi) is 3.54. The number of aryl methyl sites for hydroxylation is 1. The zero-order chi connectivity index (χ0) is 12.3. The Morgan fingerprint density at radius 1 is 1.41 bits per heavy atom. The number of carbonyl (C=O) groups is 1. The zero-order valence-corrected chi connectivity index (χ0v) is 10.0. The van der Waals surface area contributed by atoms with Crippen LogP contribution in [0.25, 0.3) is 11.0 Å². The second-order valence-corrected chi connectivity index (χ2v) is 4.09. The molecule has 0 saturated carbocycles. The normalized spacial score (nSPS) is 10.9. The van der Waals surface area contributed by atoms with Crippen LogP contribution >= 0.6 is 0 Å². The van der Waals surface area contributed by atoms with Gasteiger partial charge in [0, 0.05) is 6.54 Å². The van der Waals surface area contributed by atoms with Gasteiger partial charge in [0.15, 0.2) is 5.78 Å². The number of imidazole rings is 1. The Morgan fingerprint density at radius 2 is 2.18 bits per heavy atom. The number of aromatic nitrogens is 2. The van der Waals surface area contributed by atoms with Crippen LogP contribution < -0.4 is 5.73 Å². The average molecular weight is 231 g/mol. The van der Waals surface area contributed by atoms with Gasteiger partial charge in [0.25, 0.3) is 0 Å². The summed E-state index contributed by atoms with van der Waals surface area (Å²) in [7, 11) is 0. The van der Waals surface area contributed by atoms with Gasteiger partial charge in [0.2, 0.25) is 0 Å². The van der Waals surface area contributed by atoms with Crippen LogP contribution in [0.15, 0.2) is 24.3 Å². The fourth-order valence-electron chi connectivity index (χ4n) is 1.98. The van der Waals surface area contributed by atoms with Crippen molar-refractivity contribution in [3.05, 3.63) is 30.1 Å². The van der Waals surface area contributed by atoms with Gasteiger partial charge in [-0.15, -0.1) is 0 Å². The molecule has 0 saturated heterocycles. The minimum Gasteiger partial charge on any atom is -0.328 e. The van der Waals surface area contributed by atoms with Gasteiger partial charge < -0.3 is 10.3 Å². The summed E-state index contributed by atoms with van der Waals surface area (Å²) in [5.41, 5.74) is 7.39. The van der Waals surface area contributed by atoms with E-state index in [1.54, 1.807) is 0 Å². The van der Waals surface area contributed by atoms with Crippen molar-refractivity contribution in [3.63, 3.8) is 0 Å². The fourth-order valence-corrected chi connectivity index (χ4v) is 1.98. The summed E-state index contributed by atoms with van der Waals surface area (Å²) in [6.07, 6.45) is 1.34. The van der Waals surface area contributed by atoms with Crippen molar-refractivity contribution < 1.29 is 4.79 Å². The number of hydrogen-bond donors (Lipinski definition) is 1. The van der Waals surface area contributed by atoms with Gasteiger partial charge in [-0.1, -0.05) is 19.1 Å². The highest BCUT2D eigenvalue weighted by atomic mass is 16.1. The molecule has 0 aliphatic carbocycles. The number of nitrogens with two attached hydrogens (primary N) is 1. The number of ketones is 1. The van der Waals surface area contributed by atoms with E-state index in [1.165, 1.54) is 0 Å². The summed E-state index contributed by atoms with van der Waals surface area (Å²) < 4.78 is 2.11. The Balaban J connectivity index is 2.45. The minimum absolute atomic E-state index is 0.0256. The first-order valence-corrected chi connectivity index (χ1v) is 5.92. The largest absolute Gasteiger partial charge is 0.328 e. The minimum atomic E-state index is 0.0256. The lowest BCUT2D eigenvalue weighted by atomic mass is 10.2. The van der Waals surface area contributed by atoms with E-state index in [2.05, 4.69) is 16.5 Å². The Morgan fingerprint density at radius 3 is 2.88 bits per heavy atom. The van der Waals surface area contributed by atoms with E-state index in [0.717, 1.165) is 29.8 Å². The quantitative estimate of drug-likeness (QED) is 0.848. The first-order valence-electron chi connectivity index (χ1n) is 5.92. The van der Waals surface area contributed by atoms with E-state index in [1.807, 2.05) is 24.3 Å². The maximum absolute atomic E-state index is 11.4. The second kappa shape index (κ2) is 5.10. The third-order valence-electron chi connectivity index (χ3n) is 2.76. The molecule has 1 aromatic carbocycles. The van der Waals surface area contributed by atoms with Crippen LogP contribution in [-0.4, -0.2) is 21.9 Å². The van der Waals surface area contributed by atoms with Gasteiger partial charge in [-0.3, -0.25) is 4.79 Å². The van der Waals surface area contributed by atoms with Gasteiger partial charge in [-0.05, 0) is 18.6 Å². The van der Waals surface area contributed by atoms with Crippen molar-refractivity contribution >= 4 is 16.8 Å². The van der Waals surface area contributed by atoms with Crippen molar-refractivity contribution in [3.8, 4) is 0 Å². The standard InChI is InChI=1S/C13H17N3O/c1-2-7-16-12-6-4-3-5-11(12)15-13(16)8-10(17)9-14/h3-6H,2,7-9,14H2,1H3. The molecular formula is C13H17N3O. The number of rotatable bonds is 5. The second-order valence-electron chi connectivity index (χ2n) is 4.09. The Bertz CT molecular complexity index is 530. The van der Waals surface area contributed by atoms with E-state index in [-0.39, 0.29) is 12.3 Å². The van der Waals surface area contributed by atoms with Crippen LogP contribution in [0.2, 0.25) is 0 Å². The van der Waals surface area contributed by atoms with E-state index in [9.17, 15) is 4.79 Å². The molecule has 0 fully saturated rings. The predicted octanol–water partition coefficient (Wildman–Crippen LogP) is 1.52. The van der Waals surface area contributed by atoms with Crippen LogP contribution in [0.1, 0.15) is 19.2 Å². The molecule has 1 aromatic heterocycles. The average Bonchev–Trinajstić information content (AvgIpc) is 2.68. The van der Waals surface area contributed by atoms with Crippen LogP contribution in [-0.2, 0) is 17.8 Å². The predicted molar refractivity (Wildman–Crippen MR) is 67.8 cm³/mol. The van der Waals surface area contributed by atoms with Crippen LogP contribution in [0.4, 0.5) is 0 Å². The molecule has 0 bridgehead atoms. The summed E-state index contributed by atoms with van der Waals surface area (Å²) in [4.78, 5) is 15.9. The van der Waals surface area contributed by atoms with Gasteiger partial charge in [-0.2, -0.15) is 0 Å². The lowest BCUT2D eigenvalue weighted by molar-refractivity contribution is -0.117. The van der Waals surface area contributed by atoms with Crippen LogP contribution in [0.3, 0.4) is 0 Å². The molecule has 0 aliphatic rings. The highest BCUT2D eigenvalue weighted by Crippen LogP contribution is 2.16. The number of fused-ring (bicyclic) bond motifs is 1. The van der Waals surface area contributed by atoms with Gasteiger partial charge in [0.1, 0.15) is 5.82 Å². The molecule has 1 heterocycles. The Labute approximate surface area is 100 Å². The Hall–Kier alpha value is -1.68. The van der Waals surface area contributed by atoms with Gasteiger partial charge in [-0.25, -0.2) is 4.98 Å². The number of Topliss-reactive ketones (excluding diaryl/α,β-unsaturated/α-hetero) is 1. The molecule has 4 heteroatoms. The maximum atomic E-state index is 11.4. The molecule has 0 atom stereocenters. The smallest absolute Gasteiger partial charge is 0.153 e. The maximum Gasteiger partial charge on any atom is 0.153 e. The highest BCUT2D eigenvalue weighted by Gasteiger charge is 2.12. The van der Waals surface area contributed by atoms with Crippen LogP contribution in [0.5, 0.6) is 0 Å². The van der Waals surface area contributed by atoms with Crippen molar-refractivity contribution in [2.24, 2.45) is 5.73 Å². The summed E-state index contributed by atoms with van der Waals surface area (Å²) >= 11 is 0. The summed E-state index contributed by atoms with van der Waals surface area (Å²) in [6, 6.07) is 7.96. The molecule has 90 valence electrons. The third-order valence-corrected chi connectivity index (χ3v) is 2.76. The molecule has 0 aliphatic heterocycles. The summed E-state index contributed by atoms with van der Waals surface area (Å²) in [5, 5.41) is 0. The lowest BCUT2D eigenvalue weighted by Crippen LogP contribution is -2.18. The first-order chi connectivity index (χ1) is 8.26.